The second-order valence-corrected chi connectivity index (χ2v) is 0.986. The van der Waals surface area contributed by atoms with E-state index in [-0.39, 0.29) is 129 Å². The van der Waals surface area contributed by atoms with Crippen molar-refractivity contribution in [1.29, 1.82) is 0 Å². The van der Waals surface area contributed by atoms with Gasteiger partial charge in [0, 0.05) is 0 Å². The third-order valence-electron chi connectivity index (χ3n) is 0.341. The van der Waals surface area contributed by atoms with E-state index in [4.69, 9.17) is 10.2 Å². The van der Waals surface area contributed by atoms with Crippen molar-refractivity contribution in [2.75, 3.05) is 0 Å². The molecule has 0 rings (SSSR count). The van der Waals surface area contributed by atoms with Crippen molar-refractivity contribution in [1.82, 2.24) is 0 Å². The van der Waals surface area contributed by atoms with Crippen LogP contribution in [0.4, 0.5) is 14.4 Å². The first-order chi connectivity index (χ1) is 4.52. The molecule has 0 aliphatic carbocycles. The molecule has 14 heavy (non-hydrogen) atoms. The average molecular weight is 345 g/mol. The number of rotatable bonds is 0. The van der Waals surface area contributed by atoms with E-state index in [0.717, 1.165) is 0 Å². The molecule has 68 valence electrons. The first-order valence-corrected chi connectivity index (χ1v) is 1.88. The number of carbonyl (C=O) groups excluding carboxylic acids is 1. The van der Waals surface area contributed by atoms with E-state index in [1.54, 1.807) is 0 Å². The van der Waals surface area contributed by atoms with Crippen molar-refractivity contribution >= 4 is 147 Å². The standard InChI is InChI=1S/C3H2O7.2Li.2Sr.6H/c4-1(5)9-3(8)10-2(6)7;;;;;;;;;;/h(H,4,5)(H,6,7);;;;;;;;;;. The second kappa shape index (κ2) is 17.8. The van der Waals surface area contributed by atoms with Gasteiger partial charge in [0.2, 0.25) is 0 Å². The molecule has 0 atom stereocenters. The van der Waals surface area contributed by atoms with Crippen LogP contribution in [0.2, 0.25) is 0 Å². The molecule has 0 fully saturated rings. The van der Waals surface area contributed by atoms with E-state index in [9.17, 15) is 14.4 Å². The Balaban J connectivity index is -0.0000000675. The van der Waals surface area contributed by atoms with Crippen molar-refractivity contribution in [3.8, 4) is 0 Å². The predicted octanol–water partition coefficient (Wildman–Crippen LogP) is -2.63. The molecule has 11 heteroatoms. The van der Waals surface area contributed by atoms with Crippen molar-refractivity contribution in [2.45, 2.75) is 0 Å². The Morgan fingerprint density at radius 2 is 1.00 bits per heavy atom. The summed E-state index contributed by atoms with van der Waals surface area (Å²) in [6.07, 6.45) is -5.64. The number of carbonyl (C=O) groups is 3. The average Bonchev–Trinajstić information content (AvgIpc) is 1.58. The van der Waals surface area contributed by atoms with Crippen LogP contribution in [0.5, 0.6) is 0 Å². The molecule has 0 heterocycles. The maximum absolute atomic E-state index is 9.86. The zero-order valence-corrected chi connectivity index (χ0v) is 4.44. The number of carboxylic acid groups (broad SMARTS) is 2. The molecule has 0 aromatic carbocycles. The molecule has 0 bridgehead atoms. The number of hydrogen-bond acceptors (Lipinski definition) is 5. The van der Waals surface area contributed by atoms with E-state index in [1.165, 1.54) is 0 Å². The molecule has 0 aliphatic rings. The van der Waals surface area contributed by atoms with Crippen molar-refractivity contribution in [3.63, 3.8) is 0 Å². The van der Waals surface area contributed by atoms with Crippen molar-refractivity contribution in [3.05, 3.63) is 0 Å². The van der Waals surface area contributed by atoms with Crippen LogP contribution in [0.3, 0.4) is 0 Å². The minimum absolute atomic E-state index is 0. The molecule has 0 aromatic rings. The van der Waals surface area contributed by atoms with E-state index in [0.29, 0.717) is 0 Å². The molecule has 2 N–H and O–H groups in total. The fourth-order valence-electron chi connectivity index (χ4n) is 0.163. The normalized spacial score (nSPS) is 5.71. The first kappa shape index (κ1) is 29.9. The third kappa shape index (κ3) is 23.9. The minimum atomic E-state index is -1.92. The fourth-order valence-corrected chi connectivity index (χ4v) is 0.163. The summed E-state index contributed by atoms with van der Waals surface area (Å²) in [5, 5.41) is 15.4. The topological polar surface area (TPSA) is 110 Å². The molecule has 0 radical (unpaired) electrons. The quantitative estimate of drug-likeness (QED) is 0.281. The predicted molar refractivity (Wildman–Crippen MR) is 55.0 cm³/mol. The first-order valence-electron chi connectivity index (χ1n) is 1.88. The molecule has 0 unspecified atom stereocenters. The second-order valence-electron chi connectivity index (χ2n) is 0.986. The summed E-state index contributed by atoms with van der Waals surface area (Å²) in [7, 11) is 0. The Labute approximate surface area is 177 Å². The third-order valence-corrected chi connectivity index (χ3v) is 0.341. The zero-order valence-electron chi connectivity index (χ0n) is 4.44. The van der Waals surface area contributed by atoms with Crippen LogP contribution < -0.4 is 0 Å². The van der Waals surface area contributed by atoms with E-state index in [2.05, 4.69) is 9.47 Å². The Morgan fingerprint density at radius 1 is 0.786 bits per heavy atom. The monoisotopic (exact) mass is 346 g/mol. The number of hydrogen-bond donors (Lipinski definition) is 2. The van der Waals surface area contributed by atoms with Gasteiger partial charge in [-0.3, -0.25) is 0 Å². The summed E-state index contributed by atoms with van der Waals surface area (Å²) >= 11 is 0. The van der Waals surface area contributed by atoms with Gasteiger partial charge in [-0.05, 0) is 0 Å². The maximum atomic E-state index is 9.86. The molecule has 0 amide bonds. The van der Waals surface area contributed by atoms with Gasteiger partial charge in [0.1, 0.15) is 0 Å². The fraction of sp³-hybridized carbons (Fsp3) is 0. The van der Waals surface area contributed by atoms with Crippen LogP contribution in [0.1, 0.15) is 0 Å². The van der Waals surface area contributed by atoms with Gasteiger partial charge in [-0.15, -0.1) is 0 Å². The SMILES string of the molecule is O=C(O)OC(=O)OC(=O)O.[LiH].[LiH].[SrH2].[SrH2]. The Hall–Kier alpha value is 2.37. The summed E-state index contributed by atoms with van der Waals surface area (Å²) < 4.78 is 6.47. The summed E-state index contributed by atoms with van der Waals surface area (Å²) in [5.74, 6) is 0. The van der Waals surface area contributed by atoms with Gasteiger partial charge in [0.15, 0.2) is 0 Å². The summed E-state index contributed by atoms with van der Waals surface area (Å²) in [5.41, 5.74) is 0. The van der Waals surface area contributed by atoms with Gasteiger partial charge in [-0.25, -0.2) is 14.4 Å². The molecule has 0 spiro atoms. The Morgan fingerprint density at radius 3 is 1.14 bits per heavy atom. The van der Waals surface area contributed by atoms with Crippen LogP contribution in [0.25, 0.3) is 0 Å². The summed E-state index contributed by atoms with van der Waals surface area (Å²) in [6.45, 7) is 0. The van der Waals surface area contributed by atoms with Gasteiger partial charge in [0.25, 0.3) is 0 Å². The van der Waals surface area contributed by atoms with Gasteiger partial charge in [-0.1, -0.05) is 0 Å². The van der Waals surface area contributed by atoms with E-state index in [1.807, 2.05) is 0 Å². The Bertz CT molecular complexity index is 168. The molecule has 0 saturated heterocycles. The van der Waals surface area contributed by atoms with Crippen LogP contribution in [0.15, 0.2) is 0 Å². The zero-order chi connectivity index (χ0) is 8.15. The number of ether oxygens (including phenoxy) is 2. The van der Waals surface area contributed by atoms with E-state index >= 15 is 0 Å². The molecular weight excluding hydrogens is 337 g/mol. The van der Waals surface area contributed by atoms with Gasteiger partial charge in [0.05, 0.1) is 0 Å². The molecule has 0 aromatic heterocycles. The Kier molecular flexibility index (Phi) is 37.9. The van der Waals surface area contributed by atoms with Crippen LogP contribution in [-0.2, 0) is 9.47 Å². The van der Waals surface area contributed by atoms with Crippen LogP contribution in [0, 0.1) is 0 Å². The van der Waals surface area contributed by atoms with E-state index < -0.39 is 18.5 Å². The van der Waals surface area contributed by atoms with Gasteiger partial charge in [-0.2, -0.15) is 0 Å². The molecule has 0 saturated carbocycles. The van der Waals surface area contributed by atoms with Gasteiger partial charge >= 0.3 is 147 Å². The van der Waals surface area contributed by atoms with Crippen molar-refractivity contribution < 1.29 is 34.1 Å². The molecular formula is C3H8Li2O7Sr2. The molecule has 7 nitrogen and oxygen atoms in total. The van der Waals surface area contributed by atoms with Crippen molar-refractivity contribution in [2.24, 2.45) is 0 Å². The van der Waals surface area contributed by atoms with Crippen LogP contribution in [-0.4, -0.2) is 157 Å². The summed E-state index contributed by atoms with van der Waals surface area (Å²) in [4.78, 5) is 28.8. The summed E-state index contributed by atoms with van der Waals surface area (Å²) in [6, 6.07) is 0. The molecule has 0 aliphatic heterocycles. The van der Waals surface area contributed by atoms with Crippen LogP contribution >= 0.6 is 0 Å². The van der Waals surface area contributed by atoms with Gasteiger partial charge < -0.3 is 19.7 Å².